The van der Waals surface area contributed by atoms with Crippen LogP contribution in [0.3, 0.4) is 0 Å². The number of rotatable bonds is 5. The predicted octanol–water partition coefficient (Wildman–Crippen LogP) is 2.48. The summed E-state index contributed by atoms with van der Waals surface area (Å²) in [6.07, 6.45) is 0. The van der Waals surface area contributed by atoms with Crippen molar-refractivity contribution in [2.75, 3.05) is 0 Å². The summed E-state index contributed by atoms with van der Waals surface area (Å²) in [4.78, 5) is 36.7. The Morgan fingerprint density at radius 1 is 1.00 bits per heavy atom. The first-order chi connectivity index (χ1) is 12.3. The Bertz CT molecular complexity index is 802. The number of thiophene rings is 1. The molecule has 1 unspecified atom stereocenters. The van der Waals surface area contributed by atoms with Gasteiger partial charge >= 0.3 is 0 Å². The standard InChI is InChI=1S/C18H20FN3O3S/c1-10(2)16(20-11(3)23)18(25)22-21-17(24)15-9-8-14(26-15)12-4-6-13(19)7-5-12/h4-10,16H,1-3H3,(H,20,23)(H,21,24)(H,22,25). The molecule has 1 atom stereocenters. The zero-order chi connectivity index (χ0) is 19.3. The lowest BCUT2D eigenvalue weighted by atomic mass is 10.0. The first-order valence-electron chi connectivity index (χ1n) is 8.01. The lowest BCUT2D eigenvalue weighted by Gasteiger charge is -2.20. The van der Waals surface area contributed by atoms with Crippen LogP contribution in [0.5, 0.6) is 0 Å². The molecule has 1 aromatic carbocycles. The number of hydrogen-bond acceptors (Lipinski definition) is 4. The van der Waals surface area contributed by atoms with Crippen LogP contribution >= 0.6 is 11.3 Å². The first-order valence-corrected chi connectivity index (χ1v) is 8.82. The third-order valence-corrected chi connectivity index (χ3v) is 4.70. The average molecular weight is 377 g/mol. The zero-order valence-electron chi connectivity index (χ0n) is 14.6. The third-order valence-electron chi connectivity index (χ3n) is 3.57. The number of halogens is 1. The zero-order valence-corrected chi connectivity index (χ0v) is 15.4. The van der Waals surface area contributed by atoms with E-state index in [4.69, 9.17) is 0 Å². The molecule has 0 spiro atoms. The molecule has 0 saturated heterocycles. The Morgan fingerprint density at radius 2 is 1.65 bits per heavy atom. The highest BCUT2D eigenvalue weighted by Crippen LogP contribution is 2.28. The second-order valence-electron chi connectivity index (χ2n) is 6.04. The predicted molar refractivity (Wildman–Crippen MR) is 97.8 cm³/mol. The van der Waals surface area contributed by atoms with Crippen molar-refractivity contribution in [2.24, 2.45) is 5.92 Å². The van der Waals surface area contributed by atoms with E-state index in [0.29, 0.717) is 4.88 Å². The van der Waals surface area contributed by atoms with Gasteiger partial charge in [-0.15, -0.1) is 11.3 Å². The summed E-state index contributed by atoms with van der Waals surface area (Å²) in [5, 5.41) is 2.54. The summed E-state index contributed by atoms with van der Waals surface area (Å²) in [5.41, 5.74) is 5.47. The highest BCUT2D eigenvalue weighted by atomic mass is 32.1. The second kappa shape index (κ2) is 8.57. The van der Waals surface area contributed by atoms with Gasteiger partial charge in [-0.3, -0.25) is 25.2 Å². The Kier molecular flexibility index (Phi) is 6.46. The quantitative estimate of drug-likeness (QED) is 0.700. The lowest BCUT2D eigenvalue weighted by molar-refractivity contribution is -0.129. The van der Waals surface area contributed by atoms with E-state index < -0.39 is 17.9 Å². The van der Waals surface area contributed by atoms with E-state index in [-0.39, 0.29) is 17.6 Å². The Hall–Kier alpha value is -2.74. The van der Waals surface area contributed by atoms with Crippen LogP contribution in [-0.2, 0) is 9.59 Å². The van der Waals surface area contributed by atoms with E-state index in [1.54, 1.807) is 38.1 Å². The van der Waals surface area contributed by atoms with Crippen LogP contribution in [0.2, 0.25) is 0 Å². The van der Waals surface area contributed by atoms with E-state index >= 15 is 0 Å². The number of carbonyl (C=O) groups is 3. The highest BCUT2D eigenvalue weighted by molar-refractivity contribution is 7.17. The van der Waals surface area contributed by atoms with Gasteiger partial charge in [0, 0.05) is 11.8 Å². The van der Waals surface area contributed by atoms with E-state index in [9.17, 15) is 18.8 Å². The Labute approximate surface area is 154 Å². The van der Waals surface area contributed by atoms with Crippen molar-refractivity contribution in [1.29, 1.82) is 0 Å². The molecule has 0 radical (unpaired) electrons. The maximum absolute atomic E-state index is 13.0. The number of amides is 3. The van der Waals surface area contributed by atoms with Crippen LogP contribution < -0.4 is 16.2 Å². The molecule has 0 aliphatic heterocycles. The van der Waals surface area contributed by atoms with Gasteiger partial charge in [-0.25, -0.2) is 4.39 Å². The average Bonchev–Trinajstić information content (AvgIpc) is 3.07. The van der Waals surface area contributed by atoms with Crippen molar-refractivity contribution in [1.82, 2.24) is 16.2 Å². The van der Waals surface area contributed by atoms with Gasteiger partial charge in [-0.1, -0.05) is 26.0 Å². The van der Waals surface area contributed by atoms with Crippen molar-refractivity contribution in [3.63, 3.8) is 0 Å². The van der Waals surface area contributed by atoms with Crippen molar-refractivity contribution < 1.29 is 18.8 Å². The highest BCUT2D eigenvalue weighted by Gasteiger charge is 2.23. The molecule has 1 aromatic heterocycles. The minimum atomic E-state index is -0.745. The van der Waals surface area contributed by atoms with Crippen LogP contribution in [-0.4, -0.2) is 23.8 Å². The molecular weight excluding hydrogens is 357 g/mol. The fourth-order valence-corrected chi connectivity index (χ4v) is 3.15. The van der Waals surface area contributed by atoms with Crippen LogP contribution in [0.25, 0.3) is 10.4 Å². The first kappa shape index (κ1) is 19.6. The molecule has 0 fully saturated rings. The normalized spacial score (nSPS) is 11.7. The molecule has 138 valence electrons. The van der Waals surface area contributed by atoms with Crippen molar-refractivity contribution in [3.8, 4) is 10.4 Å². The molecule has 0 bridgehead atoms. The van der Waals surface area contributed by atoms with Gasteiger partial charge in [0.15, 0.2) is 0 Å². The van der Waals surface area contributed by atoms with Gasteiger partial charge in [0.25, 0.3) is 11.8 Å². The van der Waals surface area contributed by atoms with Crippen molar-refractivity contribution in [2.45, 2.75) is 26.8 Å². The molecule has 0 aliphatic carbocycles. The summed E-state index contributed by atoms with van der Waals surface area (Å²) in [6.45, 7) is 4.90. The summed E-state index contributed by atoms with van der Waals surface area (Å²) >= 11 is 1.22. The molecule has 2 rings (SSSR count). The molecule has 26 heavy (non-hydrogen) atoms. The monoisotopic (exact) mass is 377 g/mol. The van der Waals surface area contributed by atoms with Gasteiger partial charge < -0.3 is 5.32 Å². The van der Waals surface area contributed by atoms with E-state index in [2.05, 4.69) is 16.2 Å². The number of hydrogen-bond donors (Lipinski definition) is 3. The second-order valence-corrected chi connectivity index (χ2v) is 7.12. The minimum Gasteiger partial charge on any atom is -0.344 e. The van der Waals surface area contributed by atoms with E-state index in [1.807, 2.05) is 0 Å². The summed E-state index contributed by atoms with van der Waals surface area (Å²) in [7, 11) is 0. The maximum atomic E-state index is 13.0. The smallest absolute Gasteiger partial charge is 0.279 e. The number of carbonyl (C=O) groups excluding carboxylic acids is 3. The van der Waals surface area contributed by atoms with Crippen LogP contribution in [0, 0.1) is 11.7 Å². The Morgan fingerprint density at radius 3 is 2.23 bits per heavy atom. The maximum Gasteiger partial charge on any atom is 0.279 e. The minimum absolute atomic E-state index is 0.136. The van der Waals surface area contributed by atoms with Gasteiger partial charge in [-0.2, -0.15) is 0 Å². The fraction of sp³-hybridized carbons (Fsp3) is 0.278. The number of benzene rings is 1. The van der Waals surface area contributed by atoms with Gasteiger partial charge in [0.1, 0.15) is 11.9 Å². The van der Waals surface area contributed by atoms with E-state index in [0.717, 1.165) is 10.4 Å². The van der Waals surface area contributed by atoms with Gasteiger partial charge in [-0.05, 0) is 35.7 Å². The molecule has 0 saturated carbocycles. The van der Waals surface area contributed by atoms with Crippen LogP contribution in [0.15, 0.2) is 36.4 Å². The summed E-state index contributed by atoms with van der Waals surface area (Å²) in [5.74, 6) is -1.76. The molecule has 0 aliphatic rings. The molecule has 1 heterocycles. The SMILES string of the molecule is CC(=O)NC(C(=O)NNC(=O)c1ccc(-c2ccc(F)cc2)s1)C(C)C. The largest absolute Gasteiger partial charge is 0.344 e. The lowest BCUT2D eigenvalue weighted by Crippen LogP contribution is -2.53. The van der Waals surface area contributed by atoms with E-state index in [1.165, 1.54) is 30.4 Å². The number of hydrazine groups is 1. The molecule has 2 aromatic rings. The molecule has 8 heteroatoms. The molecule has 6 nitrogen and oxygen atoms in total. The fourth-order valence-electron chi connectivity index (χ4n) is 2.24. The number of nitrogens with one attached hydrogen (secondary N) is 3. The van der Waals surface area contributed by atoms with Gasteiger partial charge in [0.05, 0.1) is 4.88 Å². The summed E-state index contributed by atoms with van der Waals surface area (Å²) in [6, 6.07) is 8.59. The topological polar surface area (TPSA) is 87.3 Å². The van der Waals surface area contributed by atoms with Crippen molar-refractivity contribution in [3.05, 3.63) is 47.1 Å². The van der Waals surface area contributed by atoms with Gasteiger partial charge in [0.2, 0.25) is 5.91 Å². The Balaban J connectivity index is 1.98. The summed E-state index contributed by atoms with van der Waals surface area (Å²) < 4.78 is 13.0. The third kappa shape index (κ3) is 5.13. The van der Waals surface area contributed by atoms with Crippen molar-refractivity contribution >= 4 is 29.1 Å². The van der Waals surface area contributed by atoms with Crippen LogP contribution in [0.1, 0.15) is 30.4 Å². The molecule has 3 amide bonds. The van der Waals surface area contributed by atoms with Crippen LogP contribution in [0.4, 0.5) is 4.39 Å². The molecular formula is C18H20FN3O3S. The molecule has 3 N–H and O–H groups in total.